The molecule has 1 aromatic heterocycles. The maximum Gasteiger partial charge on any atom is 0.374 e. The summed E-state index contributed by atoms with van der Waals surface area (Å²) in [5.74, 6) is -2.57. The molecule has 0 radical (unpaired) electrons. The molecule has 0 saturated heterocycles. The number of carbonyl (C=O) groups is 3. The summed E-state index contributed by atoms with van der Waals surface area (Å²) in [6.45, 7) is -0.634. The van der Waals surface area contributed by atoms with Gasteiger partial charge in [0.1, 0.15) is 5.58 Å². The highest BCUT2D eigenvalue weighted by atomic mass is 16.5. The van der Waals surface area contributed by atoms with Gasteiger partial charge in [-0.1, -0.05) is 24.3 Å². The molecule has 0 atom stereocenters. The molecule has 142 valence electrons. The molecule has 0 unspecified atom stereocenters. The monoisotopic (exact) mass is 381 g/mol. The van der Waals surface area contributed by atoms with Crippen LogP contribution >= 0.6 is 0 Å². The van der Waals surface area contributed by atoms with Crippen molar-refractivity contribution in [1.29, 1.82) is 0 Å². The van der Waals surface area contributed by atoms with E-state index in [4.69, 9.17) is 9.15 Å². The smallest absolute Gasteiger partial charge is 0.374 e. The number of para-hydroxylation sites is 2. The molecular formula is C20H15NO7. The van der Waals surface area contributed by atoms with Crippen LogP contribution in [0.5, 0.6) is 0 Å². The Labute approximate surface area is 158 Å². The van der Waals surface area contributed by atoms with Gasteiger partial charge in [-0.3, -0.25) is 9.59 Å². The Morgan fingerprint density at radius 2 is 1.71 bits per heavy atom. The first kappa shape index (κ1) is 18.8. The maximum atomic E-state index is 12.1. The number of hydrogen-bond acceptors (Lipinski definition) is 7. The molecule has 0 aliphatic heterocycles. The summed E-state index contributed by atoms with van der Waals surface area (Å²) in [6, 6.07) is 13.7. The van der Waals surface area contributed by atoms with E-state index in [-0.39, 0.29) is 22.6 Å². The highest BCUT2D eigenvalue weighted by molar-refractivity contribution is 6.02. The van der Waals surface area contributed by atoms with Crippen molar-refractivity contribution in [2.24, 2.45) is 0 Å². The quantitative estimate of drug-likeness (QED) is 0.675. The first-order chi connectivity index (χ1) is 13.5. The number of carbonyl (C=O) groups excluding carboxylic acids is 3. The van der Waals surface area contributed by atoms with Crippen LogP contribution in [-0.2, 0) is 14.3 Å². The zero-order valence-corrected chi connectivity index (χ0v) is 14.8. The van der Waals surface area contributed by atoms with Crippen LogP contribution in [0, 0.1) is 0 Å². The largest absolute Gasteiger partial charge is 0.465 e. The summed E-state index contributed by atoms with van der Waals surface area (Å²) >= 11 is 0. The zero-order valence-electron chi connectivity index (χ0n) is 14.8. The number of benzene rings is 2. The van der Waals surface area contributed by atoms with Gasteiger partial charge in [0.05, 0.1) is 23.7 Å². The Morgan fingerprint density at radius 1 is 1.00 bits per heavy atom. The minimum absolute atomic E-state index is 0.158. The van der Waals surface area contributed by atoms with Crippen LogP contribution in [0.2, 0.25) is 0 Å². The average molecular weight is 381 g/mol. The van der Waals surface area contributed by atoms with Crippen LogP contribution < -0.4 is 10.7 Å². The summed E-state index contributed by atoms with van der Waals surface area (Å²) in [6.07, 6.45) is 0. The fraction of sp³-hybridized carbons (Fsp3) is 0.100. The minimum atomic E-state index is -0.959. The second-order valence-electron chi connectivity index (χ2n) is 5.63. The molecule has 28 heavy (non-hydrogen) atoms. The van der Waals surface area contributed by atoms with E-state index in [2.05, 4.69) is 10.1 Å². The number of anilines is 1. The fourth-order valence-electron chi connectivity index (χ4n) is 2.47. The Kier molecular flexibility index (Phi) is 5.50. The molecule has 0 saturated carbocycles. The Balaban J connectivity index is 1.68. The summed E-state index contributed by atoms with van der Waals surface area (Å²) in [7, 11) is 1.22. The third-order valence-corrected chi connectivity index (χ3v) is 3.78. The van der Waals surface area contributed by atoms with E-state index < -0.39 is 29.9 Å². The number of methoxy groups -OCH3 is 1. The van der Waals surface area contributed by atoms with E-state index in [1.807, 2.05) is 0 Å². The lowest BCUT2D eigenvalue weighted by Crippen LogP contribution is -2.22. The molecular weight excluding hydrogens is 366 g/mol. The second-order valence-corrected chi connectivity index (χ2v) is 5.63. The number of nitrogens with one attached hydrogen (secondary N) is 1. The summed E-state index contributed by atoms with van der Waals surface area (Å²) < 4.78 is 14.9. The molecule has 2 aromatic carbocycles. The molecule has 8 heteroatoms. The van der Waals surface area contributed by atoms with Crippen molar-refractivity contribution in [3.63, 3.8) is 0 Å². The molecule has 1 amide bonds. The predicted molar refractivity (Wildman–Crippen MR) is 99.2 cm³/mol. The van der Waals surface area contributed by atoms with Crippen LogP contribution in [-0.4, -0.2) is 31.6 Å². The van der Waals surface area contributed by atoms with Gasteiger partial charge in [-0.2, -0.15) is 0 Å². The molecule has 8 nitrogen and oxygen atoms in total. The van der Waals surface area contributed by atoms with E-state index in [9.17, 15) is 19.2 Å². The molecule has 0 bridgehead atoms. The Bertz CT molecular complexity index is 1120. The topological polar surface area (TPSA) is 112 Å². The molecule has 0 fully saturated rings. The lowest BCUT2D eigenvalue weighted by molar-refractivity contribution is -0.119. The van der Waals surface area contributed by atoms with Crippen LogP contribution in [0.3, 0.4) is 0 Å². The van der Waals surface area contributed by atoms with E-state index in [0.29, 0.717) is 5.39 Å². The van der Waals surface area contributed by atoms with Gasteiger partial charge in [-0.15, -0.1) is 0 Å². The van der Waals surface area contributed by atoms with Crippen molar-refractivity contribution in [3.05, 3.63) is 76.1 Å². The standard InChI is InChI=1S/C20H15NO7/c1-26-19(24)12-6-2-4-8-14(12)21-18(23)11-27-20(25)17-10-15(22)13-7-3-5-9-16(13)28-17/h2-10H,11H2,1H3,(H,21,23). The molecule has 3 aromatic rings. The van der Waals surface area contributed by atoms with Crippen LogP contribution in [0.25, 0.3) is 11.0 Å². The van der Waals surface area contributed by atoms with Gasteiger partial charge in [-0.05, 0) is 24.3 Å². The SMILES string of the molecule is COC(=O)c1ccccc1NC(=O)COC(=O)c1cc(=O)c2ccccc2o1. The predicted octanol–water partition coefficient (Wildman–Crippen LogP) is 2.38. The number of esters is 2. The fourth-order valence-corrected chi connectivity index (χ4v) is 2.47. The van der Waals surface area contributed by atoms with Crippen molar-refractivity contribution >= 4 is 34.5 Å². The van der Waals surface area contributed by atoms with Gasteiger partial charge in [0.15, 0.2) is 12.0 Å². The highest BCUT2D eigenvalue weighted by Gasteiger charge is 2.17. The maximum absolute atomic E-state index is 12.1. The van der Waals surface area contributed by atoms with Gasteiger partial charge < -0.3 is 19.2 Å². The molecule has 1 N–H and O–H groups in total. The van der Waals surface area contributed by atoms with Crippen LogP contribution in [0.15, 0.2) is 63.8 Å². The number of hydrogen-bond donors (Lipinski definition) is 1. The van der Waals surface area contributed by atoms with E-state index >= 15 is 0 Å². The summed E-state index contributed by atoms with van der Waals surface area (Å²) in [5.41, 5.74) is 0.210. The molecule has 0 spiro atoms. The molecule has 1 heterocycles. The number of fused-ring (bicyclic) bond motifs is 1. The van der Waals surface area contributed by atoms with Crippen LogP contribution in [0.4, 0.5) is 5.69 Å². The minimum Gasteiger partial charge on any atom is -0.465 e. The van der Waals surface area contributed by atoms with Crippen molar-refractivity contribution < 1.29 is 28.3 Å². The van der Waals surface area contributed by atoms with E-state index in [1.165, 1.54) is 19.2 Å². The van der Waals surface area contributed by atoms with Crippen molar-refractivity contribution in [2.75, 3.05) is 19.0 Å². The lowest BCUT2D eigenvalue weighted by Gasteiger charge is -2.10. The average Bonchev–Trinajstić information content (AvgIpc) is 2.71. The van der Waals surface area contributed by atoms with Gasteiger partial charge >= 0.3 is 11.9 Å². The van der Waals surface area contributed by atoms with Gasteiger partial charge in [0, 0.05) is 6.07 Å². The van der Waals surface area contributed by atoms with Gasteiger partial charge in [-0.25, -0.2) is 9.59 Å². The summed E-state index contributed by atoms with van der Waals surface area (Å²) in [4.78, 5) is 47.9. The zero-order chi connectivity index (χ0) is 20.1. The van der Waals surface area contributed by atoms with E-state index in [1.54, 1.807) is 36.4 Å². The normalized spacial score (nSPS) is 10.3. The third kappa shape index (κ3) is 4.07. The number of ether oxygens (including phenoxy) is 2. The highest BCUT2D eigenvalue weighted by Crippen LogP contribution is 2.16. The van der Waals surface area contributed by atoms with E-state index in [0.717, 1.165) is 6.07 Å². The number of rotatable bonds is 5. The van der Waals surface area contributed by atoms with Gasteiger partial charge in [0.2, 0.25) is 5.76 Å². The van der Waals surface area contributed by atoms with Crippen molar-refractivity contribution in [1.82, 2.24) is 0 Å². The van der Waals surface area contributed by atoms with Crippen molar-refractivity contribution in [2.45, 2.75) is 0 Å². The Hall–Kier alpha value is -3.94. The van der Waals surface area contributed by atoms with Crippen LogP contribution in [0.1, 0.15) is 20.9 Å². The first-order valence-corrected chi connectivity index (χ1v) is 8.17. The Morgan fingerprint density at radius 3 is 2.50 bits per heavy atom. The number of amides is 1. The summed E-state index contributed by atoms with van der Waals surface area (Å²) in [5, 5.41) is 2.79. The molecule has 0 aliphatic rings. The molecule has 0 aliphatic carbocycles. The first-order valence-electron chi connectivity index (χ1n) is 8.17. The van der Waals surface area contributed by atoms with Gasteiger partial charge in [0.25, 0.3) is 5.91 Å². The third-order valence-electron chi connectivity index (χ3n) is 3.78. The molecule has 3 rings (SSSR count). The lowest BCUT2D eigenvalue weighted by atomic mass is 10.2. The van der Waals surface area contributed by atoms with Crippen molar-refractivity contribution in [3.8, 4) is 0 Å². The second kappa shape index (κ2) is 8.17.